The van der Waals surface area contributed by atoms with Crippen LogP contribution < -0.4 is 9.64 Å². The SMILES string of the molecule is COc1ccc2sc(N3CC45C=CC(O4)C(C(=O)O)C5C3=O)nc2c1. The topological polar surface area (TPSA) is 89.0 Å². The van der Waals surface area contributed by atoms with Crippen LogP contribution in [0.15, 0.2) is 30.4 Å². The summed E-state index contributed by atoms with van der Waals surface area (Å²) < 4.78 is 12.0. The highest BCUT2D eigenvalue weighted by Crippen LogP contribution is 2.53. The zero-order valence-electron chi connectivity index (χ0n) is 13.2. The Balaban J connectivity index is 1.55. The number of benzene rings is 1. The minimum Gasteiger partial charge on any atom is -0.497 e. The fourth-order valence-electron chi connectivity index (χ4n) is 4.08. The number of carbonyl (C=O) groups excluding carboxylic acids is 1. The molecule has 2 fully saturated rings. The Morgan fingerprint density at radius 2 is 2.36 bits per heavy atom. The van der Waals surface area contributed by atoms with Crippen LogP contribution in [0, 0.1) is 11.8 Å². The molecule has 4 atom stereocenters. The van der Waals surface area contributed by atoms with Gasteiger partial charge in [-0.1, -0.05) is 23.5 Å². The molecule has 3 aliphatic rings. The molecule has 2 saturated heterocycles. The molecule has 0 aliphatic carbocycles. The van der Waals surface area contributed by atoms with Gasteiger partial charge in [-0.25, -0.2) is 4.98 Å². The number of carboxylic acids is 1. The number of carboxylic acid groups (broad SMARTS) is 1. The van der Waals surface area contributed by atoms with Crippen LogP contribution in [0.4, 0.5) is 5.13 Å². The van der Waals surface area contributed by atoms with Crippen molar-refractivity contribution in [3.05, 3.63) is 30.4 Å². The number of methoxy groups -OCH3 is 1. The van der Waals surface area contributed by atoms with Crippen LogP contribution >= 0.6 is 11.3 Å². The van der Waals surface area contributed by atoms with Crippen LogP contribution in [0.5, 0.6) is 5.75 Å². The number of aliphatic carboxylic acids is 1. The summed E-state index contributed by atoms with van der Waals surface area (Å²) in [5, 5.41) is 10.1. The smallest absolute Gasteiger partial charge is 0.310 e. The number of thiazole rings is 1. The molecule has 1 N–H and O–H groups in total. The number of rotatable bonds is 3. The highest BCUT2D eigenvalue weighted by Gasteiger charge is 2.67. The molecule has 1 spiro atoms. The summed E-state index contributed by atoms with van der Waals surface area (Å²) in [7, 11) is 1.59. The van der Waals surface area contributed by atoms with Crippen LogP contribution in [0.25, 0.3) is 10.2 Å². The standard InChI is InChI=1S/C17H14N2O5S/c1-23-8-2-3-11-9(6-8)18-16(25-11)19-7-17-5-4-10(24-17)12(15(21)22)13(17)14(19)20/h2-6,10,12-13H,7H2,1H3,(H,21,22). The lowest BCUT2D eigenvalue weighted by Crippen LogP contribution is -2.39. The van der Waals surface area contributed by atoms with Crippen molar-refractivity contribution in [1.82, 2.24) is 4.98 Å². The molecule has 2 bridgehead atoms. The number of aromatic nitrogens is 1. The zero-order chi connectivity index (χ0) is 17.3. The quantitative estimate of drug-likeness (QED) is 0.840. The Kier molecular flexibility index (Phi) is 2.85. The second-order valence-electron chi connectivity index (χ2n) is 6.49. The number of nitrogens with zero attached hydrogens (tertiary/aromatic N) is 2. The van der Waals surface area contributed by atoms with Crippen molar-refractivity contribution in [3.63, 3.8) is 0 Å². The Morgan fingerprint density at radius 1 is 1.52 bits per heavy atom. The van der Waals surface area contributed by atoms with E-state index in [1.54, 1.807) is 18.1 Å². The van der Waals surface area contributed by atoms with Crippen molar-refractivity contribution < 1.29 is 24.2 Å². The molecule has 1 aromatic carbocycles. The van der Waals surface area contributed by atoms with E-state index < -0.39 is 29.5 Å². The number of ether oxygens (including phenoxy) is 2. The van der Waals surface area contributed by atoms with Gasteiger partial charge in [0.2, 0.25) is 5.91 Å². The Morgan fingerprint density at radius 3 is 3.12 bits per heavy atom. The van der Waals surface area contributed by atoms with Crippen LogP contribution in [-0.4, -0.2) is 47.3 Å². The summed E-state index contributed by atoms with van der Waals surface area (Å²) in [4.78, 5) is 30.7. The van der Waals surface area contributed by atoms with Crippen LogP contribution in [0.2, 0.25) is 0 Å². The summed E-state index contributed by atoms with van der Waals surface area (Å²) in [6.07, 6.45) is 3.08. The molecule has 4 unspecified atom stereocenters. The average molecular weight is 358 g/mol. The van der Waals surface area contributed by atoms with E-state index in [1.807, 2.05) is 24.3 Å². The van der Waals surface area contributed by atoms with Crippen molar-refractivity contribution in [2.75, 3.05) is 18.6 Å². The fourth-order valence-corrected chi connectivity index (χ4v) is 5.03. The van der Waals surface area contributed by atoms with Gasteiger partial charge in [-0.3, -0.25) is 14.5 Å². The van der Waals surface area contributed by atoms with E-state index in [-0.39, 0.29) is 5.91 Å². The van der Waals surface area contributed by atoms with Gasteiger partial charge in [0.05, 0.1) is 35.9 Å². The largest absolute Gasteiger partial charge is 0.497 e. The third-order valence-electron chi connectivity index (χ3n) is 5.20. The van der Waals surface area contributed by atoms with Gasteiger partial charge in [0.25, 0.3) is 0 Å². The van der Waals surface area contributed by atoms with Crippen molar-refractivity contribution in [2.45, 2.75) is 11.7 Å². The monoisotopic (exact) mass is 358 g/mol. The first-order chi connectivity index (χ1) is 12.0. The Bertz CT molecular complexity index is 954. The van der Waals surface area contributed by atoms with Gasteiger partial charge in [0.15, 0.2) is 5.13 Å². The maximum Gasteiger partial charge on any atom is 0.310 e. The van der Waals surface area contributed by atoms with Gasteiger partial charge in [0, 0.05) is 6.07 Å². The molecule has 8 heteroatoms. The molecule has 1 aromatic heterocycles. The molecular formula is C17H14N2O5S. The van der Waals surface area contributed by atoms with Gasteiger partial charge in [-0.05, 0) is 12.1 Å². The minimum atomic E-state index is -0.995. The maximum atomic E-state index is 13.0. The molecule has 4 heterocycles. The number of hydrogen-bond donors (Lipinski definition) is 1. The molecule has 1 amide bonds. The normalized spacial score (nSPS) is 32.6. The summed E-state index contributed by atoms with van der Waals surface area (Å²) in [5.41, 5.74) is -0.0994. The number of carbonyl (C=O) groups is 2. The van der Waals surface area contributed by atoms with Gasteiger partial charge < -0.3 is 14.6 Å². The van der Waals surface area contributed by atoms with E-state index >= 15 is 0 Å². The lowest BCUT2D eigenvalue weighted by molar-refractivity contribution is -0.146. The predicted octanol–water partition coefficient (Wildman–Crippen LogP) is 1.68. The van der Waals surface area contributed by atoms with E-state index in [2.05, 4.69) is 4.98 Å². The second-order valence-corrected chi connectivity index (χ2v) is 7.50. The highest BCUT2D eigenvalue weighted by atomic mass is 32.1. The summed E-state index contributed by atoms with van der Waals surface area (Å²) in [6.45, 7) is 0.296. The van der Waals surface area contributed by atoms with Crippen molar-refractivity contribution in [3.8, 4) is 5.75 Å². The molecule has 5 rings (SSSR count). The van der Waals surface area contributed by atoms with Gasteiger partial charge in [-0.2, -0.15) is 0 Å². The number of hydrogen-bond acceptors (Lipinski definition) is 6. The number of amides is 1. The third kappa shape index (κ3) is 1.86. The second kappa shape index (κ2) is 4.80. The predicted molar refractivity (Wildman–Crippen MR) is 89.9 cm³/mol. The molecule has 2 aromatic rings. The van der Waals surface area contributed by atoms with Crippen molar-refractivity contribution in [2.24, 2.45) is 11.8 Å². The molecule has 0 saturated carbocycles. The zero-order valence-corrected chi connectivity index (χ0v) is 14.0. The van der Waals surface area contributed by atoms with E-state index in [9.17, 15) is 14.7 Å². The Hall–Kier alpha value is -2.45. The van der Waals surface area contributed by atoms with Gasteiger partial charge >= 0.3 is 5.97 Å². The van der Waals surface area contributed by atoms with Crippen LogP contribution in [0.1, 0.15) is 0 Å². The van der Waals surface area contributed by atoms with E-state index in [0.717, 1.165) is 10.2 Å². The van der Waals surface area contributed by atoms with E-state index in [4.69, 9.17) is 9.47 Å². The number of fused-ring (bicyclic) bond motifs is 2. The summed E-state index contributed by atoms with van der Waals surface area (Å²) in [6, 6.07) is 5.56. The molecule has 0 radical (unpaired) electrons. The first-order valence-corrected chi connectivity index (χ1v) is 8.70. The lowest BCUT2D eigenvalue weighted by Gasteiger charge is -2.21. The molecule has 25 heavy (non-hydrogen) atoms. The van der Waals surface area contributed by atoms with Gasteiger partial charge in [0.1, 0.15) is 17.3 Å². The third-order valence-corrected chi connectivity index (χ3v) is 6.26. The lowest BCUT2D eigenvalue weighted by atomic mass is 9.77. The average Bonchev–Trinajstić information content (AvgIpc) is 3.32. The molecule has 128 valence electrons. The van der Waals surface area contributed by atoms with E-state index in [0.29, 0.717) is 17.4 Å². The Labute approximate surface area is 146 Å². The van der Waals surface area contributed by atoms with Gasteiger partial charge in [-0.15, -0.1) is 0 Å². The van der Waals surface area contributed by atoms with Crippen molar-refractivity contribution in [1.29, 1.82) is 0 Å². The fraction of sp³-hybridized carbons (Fsp3) is 0.353. The van der Waals surface area contributed by atoms with E-state index in [1.165, 1.54) is 11.3 Å². The summed E-state index contributed by atoms with van der Waals surface area (Å²) in [5.74, 6) is -2.06. The highest BCUT2D eigenvalue weighted by molar-refractivity contribution is 7.22. The first kappa shape index (κ1) is 14.9. The molecule has 3 aliphatic heterocycles. The maximum absolute atomic E-state index is 13.0. The van der Waals surface area contributed by atoms with Crippen LogP contribution in [-0.2, 0) is 14.3 Å². The molecular weight excluding hydrogens is 344 g/mol. The summed E-state index contributed by atoms with van der Waals surface area (Å²) >= 11 is 1.40. The first-order valence-electron chi connectivity index (χ1n) is 7.88. The van der Waals surface area contributed by atoms with Crippen molar-refractivity contribution >= 4 is 38.6 Å². The molecule has 7 nitrogen and oxygen atoms in total. The minimum absolute atomic E-state index is 0.231. The van der Waals surface area contributed by atoms with Crippen LogP contribution in [0.3, 0.4) is 0 Å². The number of anilines is 1.